The van der Waals surface area contributed by atoms with E-state index in [0.29, 0.717) is 11.1 Å². The molecule has 148 valence electrons. The molecular formula is C20H21NO6S. The predicted molar refractivity (Wildman–Crippen MR) is 105 cm³/mol. The summed E-state index contributed by atoms with van der Waals surface area (Å²) in [5.41, 5.74) is 1.86. The molecule has 0 amide bonds. The zero-order chi connectivity index (χ0) is 20.4. The molecular weight excluding hydrogens is 382 g/mol. The number of nitrogens with one attached hydrogen (secondary N) is 1. The van der Waals surface area contributed by atoms with E-state index in [0.717, 1.165) is 11.0 Å². The van der Waals surface area contributed by atoms with Crippen LogP contribution < -0.4 is 4.72 Å². The Labute approximate surface area is 164 Å². The van der Waals surface area contributed by atoms with Crippen LogP contribution in [0.15, 0.2) is 60.0 Å². The van der Waals surface area contributed by atoms with Crippen LogP contribution in [0.1, 0.15) is 27.9 Å². The maximum absolute atomic E-state index is 11.9. The first-order valence-corrected chi connectivity index (χ1v) is 10.00. The zero-order valence-electron chi connectivity index (χ0n) is 15.3. The van der Waals surface area contributed by atoms with E-state index in [-0.39, 0.29) is 19.6 Å². The predicted octanol–water partition coefficient (Wildman–Crippen LogP) is 2.50. The summed E-state index contributed by atoms with van der Waals surface area (Å²) in [6.45, 7) is -0.0392. The Kier molecular flexibility index (Phi) is 7.91. The van der Waals surface area contributed by atoms with Crippen LogP contribution in [-0.2, 0) is 30.9 Å². The lowest BCUT2D eigenvalue weighted by atomic mass is 10.1. The molecule has 2 aromatic carbocycles. The summed E-state index contributed by atoms with van der Waals surface area (Å²) < 4.78 is 35.8. The molecule has 7 nitrogen and oxygen atoms in total. The highest BCUT2D eigenvalue weighted by molar-refractivity contribution is 7.92. The highest BCUT2D eigenvalue weighted by Crippen LogP contribution is 2.07. The lowest BCUT2D eigenvalue weighted by Gasteiger charge is -2.06. The van der Waals surface area contributed by atoms with Crippen molar-refractivity contribution in [1.29, 1.82) is 0 Å². The number of esters is 2. The van der Waals surface area contributed by atoms with Gasteiger partial charge in [0.25, 0.3) is 0 Å². The smallest absolute Gasteiger partial charge is 0.337 e. The van der Waals surface area contributed by atoms with Crippen LogP contribution in [0.2, 0.25) is 0 Å². The second-order valence-electron chi connectivity index (χ2n) is 5.75. The topological polar surface area (TPSA) is 98.8 Å². The molecule has 0 aliphatic heterocycles. The van der Waals surface area contributed by atoms with Crippen LogP contribution in [0.5, 0.6) is 0 Å². The van der Waals surface area contributed by atoms with Gasteiger partial charge in [-0.15, -0.1) is 0 Å². The molecule has 0 aliphatic rings. The zero-order valence-corrected chi connectivity index (χ0v) is 16.1. The van der Waals surface area contributed by atoms with Crippen LogP contribution in [0.4, 0.5) is 0 Å². The lowest BCUT2D eigenvalue weighted by molar-refractivity contribution is -0.144. The fraction of sp³-hybridized carbons (Fsp3) is 0.200. The van der Waals surface area contributed by atoms with Gasteiger partial charge in [0.15, 0.2) is 0 Å². The maximum Gasteiger partial charge on any atom is 0.337 e. The molecule has 0 atom stereocenters. The van der Waals surface area contributed by atoms with Gasteiger partial charge in [-0.3, -0.25) is 4.79 Å². The van der Waals surface area contributed by atoms with E-state index in [1.807, 2.05) is 6.07 Å². The Hall–Kier alpha value is -2.97. The third kappa shape index (κ3) is 7.34. The molecule has 2 rings (SSSR count). The van der Waals surface area contributed by atoms with E-state index >= 15 is 0 Å². The van der Waals surface area contributed by atoms with Crippen molar-refractivity contribution < 1.29 is 27.5 Å². The Morgan fingerprint density at radius 1 is 1.04 bits per heavy atom. The molecule has 0 radical (unpaired) electrons. The van der Waals surface area contributed by atoms with Crippen LogP contribution in [0, 0.1) is 0 Å². The molecule has 8 heteroatoms. The Balaban J connectivity index is 1.73. The third-order valence-electron chi connectivity index (χ3n) is 3.65. The van der Waals surface area contributed by atoms with Crippen molar-refractivity contribution in [2.45, 2.75) is 13.0 Å². The first-order chi connectivity index (χ1) is 13.4. The summed E-state index contributed by atoms with van der Waals surface area (Å²) in [5, 5.41) is 1.05. The maximum atomic E-state index is 11.9. The normalized spacial score (nSPS) is 11.3. The lowest BCUT2D eigenvalue weighted by Crippen LogP contribution is -2.24. The molecule has 0 fully saturated rings. The van der Waals surface area contributed by atoms with E-state index in [1.165, 1.54) is 13.2 Å². The number of ether oxygens (including phenoxy) is 2. The fourth-order valence-electron chi connectivity index (χ4n) is 2.17. The summed E-state index contributed by atoms with van der Waals surface area (Å²) in [5.74, 6) is -0.982. The number of carbonyl (C=O) groups excluding carboxylic acids is 2. The molecule has 0 aromatic heterocycles. The van der Waals surface area contributed by atoms with Crippen molar-refractivity contribution in [3.63, 3.8) is 0 Å². The number of sulfonamides is 1. The summed E-state index contributed by atoms with van der Waals surface area (Å²) in [4.78, 5) is 23.1. The SMILES string of the molecule is COC(=O)c1ccc(COC(=O)CCNS(=O)(=O)/C=C/c2ccccc2)cc1. The van der Waals surface area contributed by atoms with Crippen LogP contribution in [0.25, 0.3) is 6.08 Å². The first-order valence-electron chi connectivity index (χ1n) is 8.45. The van der Waals surface area contributed by atoms with Crippen molar-refractivity contribution >= 4 is 28.0 Å². The number of hydrogen-bond acceptors (Lipinski definition) is 6. The average molecular weight is 403 g/mol. The van der Waals surface area contributed by atoms with Gasteiger partial charge in [-0.25, -0.2) is 17.9 Å². The molecule has 0 saturated heterocycles. The van der Waals surface area contributed by atoms with Gasteiger partial charge in [0.2, 0.25) is 10.0 Å². The molecule has 0 spiro atoms. The van der Waals surface area contributed by atoms with Gasteiger partial charge in [-0.1, -0.05) is 42.5 Å². The van der Waals surface area contributed by atoms with Gasteiger partial charge < -0.3 is 9.47 Å². The standard InChI is InChI=1S/C20H21NO6S/c1-26-20(23)18-9-7-17(8-10-18)15-27-19(22)11-13-21-28(24,25)14-12-16-5-3-2-4-6-16/h2-10,12,14,21H,11,13,15H2,1H3/b14-12+. The van der Waals surface area contributed by atoms with Gasteiger partial charge in [0.1, 0.15) is 6.61 Å². The summed E-state index contributed by atoms with van der Waals surface area (Å²) >= 11 is 0. The van der Waals surface area contributed by atoms with Crippen molar-refractivity contribution in [2.24, 2.45) is 0 Å². The first kappa shape index (κ1) is 21.3. The van der Waals surface area contributed by atoms with E-state index < -0.39 is 22.0 Å². The van der Waals surface area contributed by atoms with E-state index in [9.17, 15) is 18.0 Å². The van der Waals surface area contributed by atoms with Crippen molar-refractivity contribution in [1.82, 2.24) is 4.72 Å². The summed E-state index contributed by atoms with van der Waals surface area (Å²) in [6.07, 6.45) is 1.37. The van der Waals surface area contributed by atoms with E-state index in [1.54, 1.807) is 48.5 Å². The molecule has 2 aromatic rings. The number of benzene rings is 2. The minimum absolute atomic E-state index is 0.0287. The van der Waals surface area contributed by atoms with Gasteiger partial charge in [-0.05, 0) is 29.3 Å². The number of rotatable bonds is 9. The Morgan fingerprint density at radius 3 is 2.36 bits per heavy atom. The fourth-order valence-corrected chi connectivity index (χ4v) is 2.99. The van der Waals surface area contributed by atoms with Crippen LogP contribution in [-0.4, -0.2) is 34.0 Å². The van der Waals surface area contributed by atoms with Crippen molar-refractivity contribution in [3.05, 3.63) is 76.7 Å². The van der Waals surface area contributed by atoms with Crippen molar-refractivity contribution in [2.75, 3.05) is 13.7 Å². The minimum Gasteiger partial charge on any atom is -0.465 e. The number of hydrogen-bond donors (Lipinski definition) is 1. The number of methoxy groups -OCH3 is 1. The summed E-state index contributed by atoms with van der Waals surface area (Å²) in [7, 11) is -2.34. The van der Waals surface area contributed by atoms with Crippen LogP contribution in [0.3, 0.4) is 0 Å². The molecule has 0 heterocycles. The third-order valence-corrected chi connectivity index (χ3v) is 4.75. The van der Waals surface area contributed by atoms with Gasteiger partial charge in [0.05, 0.1) is 19.1 Å². The molecule has 0 saturated carbocycles. The second-order valence-corrected chi connectivity index (χ2v) is 7.40. The molecule has 0 unspecified atom stereocenters. The second kappa shape index (κ2) is 10.4. The van der Waals surface area contributed by atoms with Crippen molar-refractivity contribution in [3.8, 4) is 0 Å². The van der Waals surface area contributed by atoms with E-state index in [4.69, 9.17) is 4.74 Å². The van der Waals surface area contributed by atoms with Gasteiger partial charge >= 0.3 is 11.9 Å². The largest absolute Gasteiger partial charge is 0.465 e. The van der Waals surface area contributed by atoms with E-state index in [2.05, 4.69) is 9.46 Å². The minimum atomic E-state index is -3.64. The summed E-state index contributed by atoms with van der Waals surface area (Å²) in [6, 6.07) is 15.4. The highest BCUT2D eigenvalue weighted by atomic mass is 32.2. The molecule has 1 N–H and O–H groups in total. The number of carbonyl (C=O) groups is 2. The van der Waals surface area contributed by atoms with Gasteiger partial charge in [-0.2, -0.15) is 0 Å². The molecule has 28 heavy (non-hydrogen) atoms. The highest BCUT2D eigenvalue weighted by Gasteiger charge is 2.09. The Morgan fingerprint density at radius 2 is 1.71 bits per heavy atom. The quantitative estimate of drug-likeness (QED) is 0.646. The monoisotopic (exact) mass is 403 g/mol. The average Bonchev–Trinajstić information content (AvgIpc) is 2.71. The van der Waals surface area contributed by atoms with Gasteiger partial charge in [0, 0.05) is 12.0 Å². The van der Waals surface area contributed by atoms with Crippen LogP contribution >= 0.6 is 0 Å². The Bertz CT molecular complexity index is 921. The molecule has 0 bridgehead atoms. The molecule has 0 aliphatic carbocycles.